The van der Waals surface area contributed by atoms with E-state index in [1.807, 2.05) is 0 Å². The monoisotopic (exact) mass is 339 g/mol. The Morgan fingerprint density at radius 1 is 1.17 bits per heavy atom. The first kappa shape index (κ1) is 17.9. The van der Waals surface area contributed by atoms with E-state index in [4.69, 9.17) is 0 Å². The van der Waals surface area contributed by atoms with Gasteiger partial charge in [-0.15, -0.1) is 0 Å². The Balaban J connectivity index is 1.96. The van der Waals surface area contributed by atoms with Gasteiger partial charge in [0.05, 0.1) is 18.4 Å². The molecule has 1 aliphatic rings. The number of carbonyl (C=O) groups excluding carboxylic acids is 1. The van der Waals surface area contributed by atoms with Crippen molar-refractivity contribution in [1.82, 2.24) is 4.31 Å². The van der Waals surface area contributed by atoms with Crippen molar-refractivity contribution in [3.63, 3.8) is 0 Å². The molecule has 1 aromatic carbocycles. The van der Waals surface area contributed by atoms with Crippen molar-refractivity contribution < 1.29 is 17.9 Å². The van der Waals surface area contributed by atoms with Gasteiger partial charge in [-0.1, -0.05) is 31.4 Å². The van der Waals surface area contributed by atoms with Crippen LogP contribution >= 0.6 is 0 Å². The number of carbonyl (C=O) groups is 1. The first-order chi connectivity index (χ1) is 10.9. The smallest absolute Gasteiger partial charge is 0.337 e. The molecule has 5 nitrogen and oxygen atoms in total. The molecule has 1 aliphatic carbocycles. The second-order valence-electron chi connectivity index (χ2n) is 6.23. The average molecular weight is 339 g/mol. The standard InChI is InChI=1S/C17H25NO4S/c1-18(23(20,21)13-15-6-4-3-5-7-15)12-14-8-10-16(11-9-14)17(19)22-2/h8-11,15H,3-7,12-13H2,1-2H3. The van der Waals surface area contributed by atoms with E-state index < -0.39 is 16.0 Å². The fourth-order valence-corrected chi connectivity index (χ4v) is 4.53. The Morgan fingerprint density at radius 2 is 1.78 bits per heavy atom. The normalized spacial score (nSPS) is 16.5. The molecule has 0 N–H and O–H groups in total. The molecule has 0 heterocycles. The predicted octanol–water partition coefficient (Wildman–Crippen LogP) is 2.82. The Kier molecular flexibility index (Phi) is 6.18. The average Bonchev–Trinajstić information content (AvgIpc) is 2.55. The van der Waals surface area contributed by atoms with Crippen molar-refractivity contribution in [3.8, 4) is 0 Å². The number of nitrogens with zero attached hydrogens (tertiary/aromatic N) is 1. The molecule has 1 saturated carbocycles. The van der Waals surface area contributed by atoms with Crippen LogP contribution in [0, 0.1) is 5.92 Å². The zero-order chi connectivity index (χ0) is 16.9. The van der Waals surface area contributed by atoms with Crippen LogP contribution in [0.2, 0.25) is 0 Å². The number of sulfonamides is 1. The zero-order valence-electron chi connectivity index (χ0n) is 13.8. The van der Waals surface area contributed by atoms with Crippen molar-refractivity contribution >= 4 is 16.0 Å². The van der Waals surface area contributed by atoms with Crippen molar-refractivity contribution in [3.05, 3.63) is 35.4 Å². The van der Waals surface area contributed by atoms with E-state index in [0.717, 1.165) is 31.2 Å². The van der Waals surface area contributed by atoms with Crippen LogP contribution < -0.4 is 0 Å². The molecule has 6 heteroatoms. The molecule has 128 valence electrons. The summed E-state index contributed by atoms with van der Waals surface area (Å²) >= 11 is 0. The molecular weight excluding hydrogens is 314 g/mol. The van der Waals surface area contributed by atoms with Gasteiger partial charge in [0.15, 0.2) is 0 Å². The van der Waals surface area contributed by atoms with Gasteiger partial charge >= 0.3 is 5.97 Å². The topological polar surface area (TPSA) is 63.7 Å². The Labute approximate surface area is 138 Å². The second kappa shape index (κ2) is 7.93. The summed E-state index contributed by atoms with van der Waals surface area (Å²) in [7, 11) is -0.295. The molecule has 2 rings (SSSR count). The maximum atomic E-state index is 12.5. The Hall–Kier alpha value is -1.40. The lowest BCUT2D eigenvalue weighted by molar-refractivity contribution is 0.0600. The minimum Gasteiger partial charge on any atom is -0.465 e. The predicted molar refractivity (Wildman–Crippen MR) is 89.6 cm³/mol. The van der Waals surface area contributed by atoms with E-state index in [1.165, 1.54) is 17.8 Å². The summed E-state index contributed by atoms with van der Waals surface area (Å²) in [6.45, 7) is 0.316. The molecule has 0 aliphatic heterocycles. The van der Waals surface area contributed by atoms with Gasteiger partial charge in [0.25, 0.3) is 0 Å². The van der Waals surface area contributed by atoms with E-state index >= 15 is 0 Å². The Bertz CT molecular complexity index is 618. The van der Waals surface area contributed by atoms with Crippen LogP contribution in [-0.4, -0.2) is 38.6 Å². The van der Waals surface area contributed by atoms with E-state index in [1.54, 1.807) is 31.3 Å². The molecule has 0 atom stereocenters. The maximum absolute atomic E-state index is 12.5. The summed E-state index contributed by atoms with van der Waals surface area (Å²) in [5, 5.41) is 0. The van der Waals surface area contributed by atoms with Crippen molar-refractivity contribution in [1.29, 1.82) is 0 Å². The molecule has 0 bridgehead atoms. The summed E-state index contributed by atoms with van der Waals surface area (Å²) in [6, 6.07) is 6.84. The molecule has 0 aromatic heterocycles. The lowest BCUT2D eigenvalue weighted by atomic mass is 9.91. The van der Waals surface area contributed by atoms with Gasteiger partial charge in [-0.25, -0.2) is 17.5 Å². The van der Waals surface area contributed by atoms with Gasteiger partial charge in [-0.05, 0) is 36.5 Å². The molecule has 23 heavy (non-hydrogen) atoms. The summed E-state index contributed by atoms with van der Waals surface area (Å²) in [5.74, 6) is 0.136. The van der Waals surface area contributed by atoms with Gasteiger partial charge in [-0.3, -0.25) is 0 Å². The first-order valence-corrected chi connectivity index (χ1v) is 9.64. The minimum atomic E-state index is -3.25. The van der Waals surface area contributed by atoms with Crippen LogP contribution in [0.1, 0.15) is 48.0 Å². The number of esters is 1. The third-order valence-electron chi connectivity index (χ3n) is 4.43. The molecule has 0 saturated heterocycles. The van der Waals surface area contributed by atoms with E-state index in [2.05, 4.69) is 4.74 Å². The first-order valence-electron chi connectivity index (χ1n) is 8.03. The number of rotatable bonds is 6. The molecular formula is C17H25NO4S. The minimum absolute atomic E-state index is 0.240. The fraction of sp³-hybridized carbons (Fsp3) is 0.588. The van der Waals surface area contributed by atoms with Crippen LogP contribution in [0.5, 0.6) is 0 Å². The number of methoxy groups -OCH3 is 1. The number of ether oxygens (including phenoxy) is 1. The van der Waals surface area contributed by atoms with Gasteiger partial charge in [0.1, 0.15) is 0 Å². The fourth-order valence-electron chi connectivity index (χ4n) is 3.00. The molecule has 0 amide bonds. The zero-order valence-corrected chi connectivity index (χ0v) is 14.6. The maximum Gasteiger partial charge on any atom is 0.337 e. The Morgan fingerprint density at radius 3 is 2.35 bits per heavy atom. The number of hydrogen-bond acceptors (Lipinski definition) is 4. The van der Waals surface area contributed by atoms with Crippen LogP contribution in [0.25, 0.3) is 0 Å². The van der Waals surface area contributed by atoms with E-state index in [0.29, 0.717) is 12.1 Å². The quantitative estimate of drug-likeness (QED) is 0.748. The molecule has 1 fully saturated rings. The summed E-state index contributed by atoms with van der Waals surface area (Å²) < 4.78 is 31.0. The lowest BCUT2D eigenvalue weighted by Gasteiger charge is -2.24. The number of hydrogen-bond donors (Lipinski definition) is 0. The van der Waals surface area contributed by atoms with Crippen LogP contribution in [-0.2, 0) is 21.3 Å². The number of benzene rings is 1. The molecule has 0 unspecified atom stereocenters. The van der Waals surface area contributed by atoms with Gasteiger partial charge in [-0.2, -0.15) is 0 Å². The highest BCUT2D eigenvalue weighted by atomic mass is 32.2. The van der Waals surface area contributed by atoms with Gasteiger partial charge < -0.3 is 4.74 Å². The lowest BCUT2D eigenvalue weighted by Crippen LogP contribution is -2.32. The van der Waals surface area contributed by atoms with Gasteiger partial charge in [0, 0.05) is 13.6 Å². The van der Waals surface area contributed by atoms with Crippen LogP contribution in [0.4, 0.5) is 0 Å². The summed E-state index contributed by atoms with van der Waals surface area (Å²) in [4.78, 5) is 11.4. The highest BCUT2D eigenvalue weighted by Crippen LogP contribution is 2.26. The van der Waals surface area contributed by atoms with Crippen molar-refractivity contribution in [2.75, 3.05) is 19.9 Å². The summed E-state index contributed by atoms with van der Waals surface area (Å²) in [6.07, 6.45) is 5.53. The van der Waals surface area contributed by atoms with Crippen molar-refractivity contribution in [2.24, 2.45) is 5.92 Å². The molecule has 0 spiro atoms. The SMILES string of the molecule is COC(=O)c1ccc(CN(C)S(=O)(=O)CC2CCCCC2)cc1. The molecule has 0 radical (unpaired) electrons. The highest BCUT2D eigenvalue weighted by molar-refractivity contribution is 7.89. The highest BCUT2D eigenvalue weighted by Gasteiger charge is 2.25. The van der Waals surface area contributed by atoms with Crippen LogP contribution in [0.15, 0.2) is 24.3 Å². The third-order valence-corrected chi connectivity index (χ3v) is 6.40. The third kappa shape index (κ3) is 5.04. The summed E-state index contributed by atoms with van der Waals surface area (Å²) in [5.41, 5.74) is 1.32. The van der Waals surface area contributed by atoms with Crippen molar-refractivity contribution in [2.45, 2.75) is 38.6 Å². The second-order valence-corrected chi connectivity index (χ2v) is 8.35. The van der Waals surface area contributed by atoms with E-state index in [9.17, 15) is 13.2 Å². The van der Waals surface area contributed by atoms with Crippen LogP contribution in [0.3, 0.4) is 0 Å². The van der Waals surface area contributed by atoms with E-state index in [-0.39, 0.29) is 11.7 Å². The van der Waals surface area contributed by atoms with Gasteiger partial charge in [0.2, 0.25) is 10.0 Å². The largest absolute Gasteiger partial charge is 0.465 e. The molecule has 1 aromatic rings.